The summed E-state index contributed by atoms with van der Waals surface area (Å²) in [6.45, 7) is 4.17. The molecule has 2 aromatic carbocycles. The predicted molar refractivity (Wildman–Crippen MR) is 124 cm³/mol. The predicted octanol–water partition coefficient (Wildman–Crippen LogP) is 6.34. The van der Waals surface area contributed by atoms with E-state index < -0.39 is 0 Å². The number of aryl methyl sites for hydroxylation is 1. The molecule has 1 atom stereocenters. The average Bonchev–Trinajstić information content (AvgIpc) is 3.06. The number of carbonyl (C=O) groups is 2. The number of thiophene rings is 1. The number of rotatable bonds is 4. The molecule has 1 aliphatic rings. The molecule has 0 saturated carbocycles. The van der Waals surface area contributed by atoms with Crippen LogP contribution in [-0.2, 0) is 12.8 Å². The SMILES string of the molecule is Cc1cccc(C(=O)Nc2sc3c(c2C(=O)Nc2ccc(Cl)cc2)CC[C@@H](C)C3)c1. The van der Waals surface area contributed by atoms with Crippen LogP contribution in [0.5, 0.6) is 0 Å². The molecule has 0 aliphatic heterocycles. The van der Waals surface area contributed by atoms with Crippen LogP contribution < -0.4 is 10.6 Å². The van der Waals surface area contributed by atoms with Crippen LogP contribution in [0.1, 0.15) is 50.1 Å². The average molecular weight is 439 g/mol. The van der Waals surface area contributed by atoms with Gasteiger partial charge in [0, 0.05) is 21.2 Å². The lowest BCUT2D eigenvalue weighted by atomic mass is 9.88. The van der Waals surface area contributed by atoms with Gasteiger partial charge in [-0.3, -0.25) is 9.59 Å². The van der Waals surface area contributed by atoms with Crippen LogP contribution in [0.3, 0.4) is 0 Å². The fourth-order valence-electron chi connectivity index (χ4n) is 3.77. The van der Waals surface area contributed by atoms with E-state index in [0.717, 1.165) is 30.4 Å². The summed E-state index contributed by atoms with van der Waals surface area (Å²) in [7, 11) is 0. The van der Waals surface area contributed by atoms with Gasteiger partial charge in [-0.15, -0.1) is 11.3 Å². The van der Waals surface area contributed by atoms with Crippen molar-refractivity contribution in [2.24, 2.45) is 5.92 Å². The van der Waals surface area contributed by atoms with Gasteiger partial charge >= 0.3 is 0 Å². The molecule has 0 spiro atoms. The summed E-state index contributed by atoms with van der Waals surface area (Å²) in [5.74, 6) is 0.165. The van der Waals surface area contributed by atoms with Crippen LogP contribution in [-0.4, -0.2) is 11.8 Å². The van der Waals surface area contributed by atoms with E-state index in [1.807, 2.05) is 25.1 Å². The number of halogens is 1. The van der Waals surface area contributed by atoms with Gasteiger partial charge in [-0.25, -0.2) is 0 Å². The second-order valence-electron chi connectivity index (χ2n) is 7.84. The summed E-state index contributed by atoms with van der Waals surface area (Å²) in [5.41, 5.74) is 3.91. The highest BCUT2D eigenvalue weighted by atomic mass is 35.5. The van der Waals surface area contributed by atoms with Crippen LogP contribution in [0.25, 0.3) is 0 Å². The third-order valence-electron chi connectivity index (χ3n) is 5.35. The van der Waals surface area contributed by atoms with Crippen molar-refractivity contribution < 1.29 is 9.59 Å². The Labute approximate surface area is 185 Å². The fourth-order valence-corrected chi connectivity index (χ4v) is 5.30. The molecule has 2 amide bonds. The second-order valence-corrected chi connectivity index (χ2v) is 9.38. The highest BCUT2D eigenvalue weighted by molar-refractivity contribution is 7.17. The number of amides is 2. The molecule has 0 unspecified atom stereocenters. The molecule has 4 rings (SSSR count). The van der Waals surface area contributed by atoms with Gasteiger partial charge in [0.2, 0.25) is 0 Å². The van der Waals surface area contributed by atoms with Gasteiger partial charge in [0.05, 0.1) is 5.56 Å². The topological polar surface area (TPSA) is 58.2 Å². The molecule has 0 fully saturated rings. The molecule has 1 heterocycles. The molecular weight excluding hydrogens is 416 g/mol. The van der Waals surface area contributed by atoms with Crippen LogP contribution in [0.2, 0.25) is 5.02 Å². The number of fused-ring (bicyclic) bond motifs is 1. The van der Waals surface area contributed by atoms with Crippen molar-refractivity contribution in [2.45, 2.75) is 33.1 Å². The van der Waals surface area contributed by atoms with Gasteiger partial charge in [-0.2, -0.15) is 0 Å². The first-order chi connectivity index (χ1) is 14.4. The minimum atomic E-state index is -0.205. The van der Waals surface area contributed by atoms with Gasteiger partial charge in [0.15, 0.2) is 0 Å². The zero-order valence-electron chi connectivity index (χ0n) is 16.9. The molecule has 1 aliphatic carbocycles. The number of anilines is 2. The lowest BCUT2D eigenvalue weighted by molar-refractivity contribution is 0.102. The summed E-state index contributed by atoms with van der Waals surface area (Å²) >= 11 is 7.47. The largest absolute Gasteiger partial charge is 0.322 e. The summed E-state index contributed by atoms with van der Waals surface area (Å²) in [5, 5.41) is 7.18. The maximum atomic E-state index is 13.2. The molecule has 2 N–H and O–H groups in total. The van der Waals surface area contributed by atoms with E-state index in [9.17, 15) is 9.59 Å². The molecule has 0 saturated heterocycles. The van der Waals surface area contributed by atoms with E-state index in [1.54, 1.807) is 30.3 Å². The van der Waals surface area contributed by atoms with E-state index in [1.165, 1.54) is 16.2 Å². The van der Waals surface area contributed by atoms with Gasteiger partial charge < -0.3 is 10.6 Å². The van der Waals surface area contributed by atoms with Crippen molar-refractivity contribution in [3.05, 3.63) is 80.7 Å². The van der Waals surface area contributed by atoms with Gasteiger partial charge in [0.25, 0.3) is 11.8 Å². The van der Waals surface area contributed by atoms with Crippen molar-refractivity contribution in [1.29, 1.82) is 0 Å². The summed E-state index contributed by atoms with van der Waals surface area (Å²) in [4.78, 5) is 27.3. The number of nitrogens with one attached hydrogen (secondary N) is 2. The molecular formula is C24H23ClN2O2S. The number of hydrogen-bond donors (Lipinski definition) is 2. The Bertz CT molecular complexity index is 1100. The van der Waals surface area contributed by atoms with Gasteiger partial charge in [-0.05, 0) is 74.1 Å². The van der Waals surface area contributed by atoms with Crippen molar-refractivity contribution in [2.75, 3.05) is 10.6 Å². The molecule has 3 aromatic rings. The van der Waals surface area contributed by atoms with Crippen LogP contribution in [0.15, 0.2) is 48.5 Å². The van der Waals surface area contributed by atoms with Crippen molar-refractivity contribution in [3.8, 4) is 0 Å². The second kappa shape index (κ2) is 8.62. The molecule has 4 nitrogen and oxygen atoms in total. The first kappa shape index (κ1) is 20.6. The van der Waals surface area contributed by atoms with E-state index >= 15 is 0 Å². The van der Waals surface area contributed by atoms with Gasteiger partial charge in [-0.1, -0.05) is 36.2 Å². The summed E-state index contributed by atoms with van der Waals surface area (Å²) in [6, 6.07) is 14.5. The Morgan fingerprint density at radius 1 is 1.07 bits per heavy atom. The Kier molecular flexibility index (Phi) is 5.93. The molecule has 0 radical (unpaired) electrons. The summed E-state index contributed by atoms with van der Waals surface area (Å²) in [6.07, 6.45) is 2.81. The van der Waals surface area contributed by atoms with Crippen molar-refractivity contribution >= 4 is 45.4 Å². The monoisotopic (exact) mass is 438 g/mol. The zero-order chi connectivity index (χ0) is 21.3. The zero-order valence-corrected chi connectivity index (χ0v) is 18.5. The first-order valence-corrected chi connectivity index (χ1v) is 11.2. The number of hydrogen-bond acceptors (Lipinski definition) is 3. The normalized spacial score (nSPS) is 15.4. The molecule has 0 bridgehead atoms. The Balaban J connectivity index is 1.66. The van der Waals surface area contributed by atoms with Crippen molar-refractivity contribution in [3.63, 3.8) is 0 Å². The lowest BCUT2D eigenvalue weighted by Gasteiger charge is -2.18. The minimum Gasteiger partial charge on any atom is -0.322 e. The maximum absolute atomic E-state index is 13.2. The Hall–Kier alpha value is -2.63. The summed E-state index contributed by atoms with van der Waals surface area (Å²) < 4.78 is 0. The lowest BCUT2D eigenvalue weighted by Crippen LogP contribution is -2.19. The van der Waals surface area contributed by atoms with Crippen LogP contribution in [0.4, 0.5) is 10.7 Å². The molecule has 30 heavy (non-hydrogen) atoms. The molecule has 6 heteroatoms. The van der Waals surface area contributed by atoms with Gasteiger partial charge in [0.1, 0.15) is 5.00 Å². The quantitative estimate of drug-likeness (QED) is 0.499. The van der Waals surface area contributed by atoms with Crippen LogP contribution in [0, 0.1) is 12.8 Å². The number of carbonyl (C=O) groups excluding carboxylic acids is 2. The Morgan fingerprint density at radius 3 is 2.57 bits per heavy atom. The first-order valence-electron chi connectivity index (χ1n) is 10.00. The van der Waals surface area contributed by atoms with E-state index in [2.05, 4.69) is 17.6 Å². The highest BCUT2D eigenvalue weighted by Crippen LogP contribution is 2.40. The maximum Gasteiger partial charge on any atom is 0.258 e. The number of benzene rings is 2. The Morgan fingerprint density at radius 2 is 1.83 bits per heavy atom. The highest BCUT2D eigenvalue weighted by Gasteiger charge is 2.28. The third kappa shape index (κ3) is 4.42. The smallest absolute Gasteiger partial charge is 0.258 e. The fraction of sp³-hybridized carbons (Fsp3) is 0.250. The van der Waals surface area contributed by atoms with E-state index in [4.69, 9.17) is 11.6 Å². The molecule has 154 valence electrons. The van der Waals surface area contributed by atoms with Crippen LogP contribution >= 0.6 is 22.9 Å². The molecule has 1 aromatic heterocycles. The van der Waals surface area contributed by atoms with E-state index in [0.29, 0.717) is 32.8 Å². The van der Waals surface area contributed by atoms with E-state index in [-0.39, 0.29) is 11.8 Å². The third-order valence-corrected chi connectivity index (χ3v) is 6.77. The van der Waals surface area contributed by atoms with Crippen molar-refractivity contribution in [1.82, 2.24) is 0 Å². The minimum absolute atomic E-state index is 0.203. The standard InChI is InChI=1S/C24H23ClN2O2S/c1-14-4-3-5-16(12-14)22(28)27-24-21(19-11-6-15(2)13-20(19)30-24)23(29)26-18-9-7-17(25)8-10-18/h3-5,7-10,12,15H,6,11,13H2,1-2H3,(H,26,29)(H,27,28)/t15-/m1/s1.